The molecule has 0 fully saturated rings. The number of nitrogens with zero attached hydrogens (tertiary/aromatic N) is 1. The van der Waals surface area contributed by atoms with Crippen molar-refractivity contribution in [3.63, 3.8) is 0 Å². The quantitative estimate of drug-likeness (QED) is 0.847. The maximum Gasteiger partial charge on any atom is 0.313 e. The Labute approximate surface area is 124 Å². The first kappa shape index (κ1) is 15.2. The number of nitrogens with one attached hydrogen (secondary N) is 1. The van der Waals surface area contributed by atoms with Gasteiger partial charge in [-0.15, -0.1) is 0 Å². The Hall–Kier alpha value is -2.24. The maximum atomic E-state index is 12.2. The van der Waals surface area contributed by atoms with E-state index < -0.39 is 17.4 Å². The molecule has 1 aromatic carbocycles. The summed E-state index contributed by atoms with van der Waals surface area (Å²) in [6, 6.07) is 5.01. The molecule has 0 aromatic heterocycles. The lowest BCUT2D eigenvalue weighted by atomic mass is 10.1. The van der Waals surface area contributed by atoms with E-state index in [1.54, 1.807) is 18.2 Å². The first-order chi connectivity index (χ1) is 9.82. The number of hydrogen-bond donors (Lipinski definition) is 1. The zero-order valence-electron chi connectivity index (χ0n) is 12.7. The number of anilines is 1. The van der Waals surface area contributed by atoms with Crippen LogP contribution in [0, 0.1) is 0 Å². The summed E-state index contributed by atoms with van der Waals surface area (Å²) in [5.74, 6) is -0.0269. The van der Waals surface area contributed by atoms with E-state index in [-0.39, 0.29) is 6.79 Å². The van der Waals surface area contributed by atoms with E-state index in [0.717, 1.165) is 0 Å². The molecule has 6 heteroatoms. The van der Waals surface area contributed by atoms with Crippen molar-refractivity contribution in [3.05, 3.63) is 18.2 Å². The number of benzene rings is 1. The lowest BCUT2D eigenvalue weighted by Crippen LogP contribution is -2.49. The normalized spacial score (nSPS) is 13.0. The van der Waals surface area contributed by atoms with Gasteiger partial charge in [0.2, 0.25) is 6.79 Å². The van der Waals surface area contributed by atoms with E-state index in [9.17, 15) is 9.59 Å². The van der Waals surface area contributed by atoms with Crippen molar-refractivity contribution in [1.82, 2.24) is 4.90 Å². The van der Waals surface area contributed by atoms with E-state index in [2.05, 4.69) is 5.32 Å². The number of fused-ring (bicyclic) bond motifs is 1. The molecule has 0 atom stereocenters. The van der Waals surface area contributed by atoms with Crippen LogP contribution < -0.4 is 14.8 Å². The fraction of sp³-hybridized carbons (Fsp3) is 0.467. The average molecular weight is 292 g/mol. The molecule has 0 bridgehead atoms. The summed E-state index contributed by atoms with van der Waals surface area (Å²) in [7, 11) is 0. The van der Waals surface area contributed by atoms with Crippen LogP contribution in [0.3, 0.4) is 0 Å². The molecule has 2 rings (SSSR count). The van der Waals surface area contributed by atoms with Crippen molar-refractivity contribution in [2.75, 3.05) is 18.7 Å². The van der Waals surface area contributed by atoms with Gasteiger partial charge in [0.05, 0.1) is 0 Å². The molecule has 0 radical (unpaired) electrons. The highest BCUT2D eigenvalue weighted by atomic mass is 16.7. The smallest absolute Gasteiger partial charge is 0.313 e. The molecule has 1 heterocycles. The number of carbonyl (C=O) groups is 2. The van der Waals surface area contributed by atoms with E-state index in [4.69, 9.17) is 9.47 Å². The van der Waals surface area contributed by atoms with Crippen molar-refractivity contribution < 1.29 is 19.1 Å². The van der Waals surface area contributed by atoms with Crippen molar-refractivity contribution in [3.8, 4) is 11.5 Å². The molecular formula is C15H20N2O4. The molecule has 1 aliphatic rings. The minimum Gasteiger partial charge on any atom is -0.454 e. The maximum absolute atomic E-state index is 12.2. The zero-order chi connectivity index (χ0) is 15.6. The van der Waals surface area contributed by atoms with Gasteiger partial charge in [-0.3, -0.25) is 9.59 Å². The fourth-order valence-corrected chi connectivity index (χ4v) is 2.20. The van der Waals surface area contributed by atoms with Gasteiger partial charge in [-0.1, -0.05) is 0 Å². The van der Waals surface area contributed by atoms with E-state index in [1.807, 2.05) is 27.7 Å². The highest BCUT2D eigenvalue weighted by Gasteiger charge is 2.29. The van der Waals surface area contributed by atoms with E-state index >= 15 is 0 Å². The van der Waals surface area contributed by atoms with Gasteiger partial charge >= 0.3 is 11.8 Å². The second-order valence-electron chi connectivity index (χ2n) is 5.74. The molecule has 0 saturated heterocycles. The third-order valence-electron chi connectivity index (χ3n) is 3.20. The van der Waals surface area contributed by atoms with Gasteiger partial charge in [0.1, 0.15) is 0 Å². The molecule has 0 aliphatic carbocycles. The Kier molecular flexibility index (Phi) is 4.06. The lowest BCUT2D eigenvalue weighted by Gasteiger charge is -2.34. The van der Waals surface area contributed by atoms with Gasteiger partial charge in [-0.05, 0) is 39.8 Å². The molecular weight excluding hydrogens is 272 g/mol. The van der Waals surface area contributed by atoms with Gasteiger partial charge in [0.15, 0.2) is 11.5 Å². The lowest BCUT2D eigenvalue weighted by molar-refractivity contribution is -0.146. The third-order valence-corrected chi connectivity index (χ3v) is 3.20. The average Bonchev–Trinajstić information content (AvgIpc) is 2.85. The van der Waals surface area contributed by atoms with Gasteiger partial charge in [0.25, 0.3) is 0 Å². The number of likely N-dealkylation sites (N-methyl/N-ethyl adjacent to an activating group) is 1. The SMILES string of the molecule is CCN(C(=O)C(=O)Nc1ccc2c(c1)OCO2)C(C)(C)C. The van der Waals surface area contributed by atoms with Gasteiger partial charge in [0, 0.05) is 23.8 Å². The van der Waals surface area contributed by atoms with Crippen LogP contribution in [0.2, 0.25) is 0 Å². The molecule has 0 spiro atoms. The van der Waals surface area contributed by atoms with Crippen LogP contribution in [-0.2, 0) is 9.59 Å². The molecule has 1 aliphatic heterocycles. The third kappa shape index (κ3) is 3.26. The van der Waals surface area contributed by atoms with Crippen molar-refractivity contribution in [2.45, 2.75) is 33.2 Å². The topological polar surface area (TPSA) is 67.9 Å². The van der Waals surface area contributed by atoms with Crippen LogP contribution >= 0.6 is 0 Å². The van der Waals surface area contributed by atoms with Crippen LogP contribution in [0.15, 0.2) is 18.2 Å². The summed E-state index contributed by atoms with van der Waals surface area (Å²) < 4.78 is 10.4. The standard InChI is InChI=1S/C15H20N2O4/c1-5-17(15(2,3)4)14(19)13(18)16-10-6-7-11-12(8-10)21-9-20-11/h6-8H,5,9H2,1-4H3,(H,16,18). The Bertz CT molecular complexity index is 563. The van der Waals surface area contributed by atoms with Gasteiger partial charge < -0.3 is 19.7 Å². The Morgan fingerprint density at radius 1 is 1.24 bits per heavy atom. The minimum absolute atomic E-state index is 0.166. The Balaban J connectivity index is 2.09. The largest absolute Gasteiger partial charge is 0.454 e. The highest BCUT2D eigenvalue weighted by molar-refractivity contribution is 6.39. The summed E-state index contributed by atoms with van der Waals surface area (Å²) >= 11 is 0. The first-order valence-corrected chi connectivity index (χ1v) is 6.85. The van der Waals surface area contributed by atoms with Crippen LogP contribution in [0.4, 0.5) is 5.69 Å². The highest BCUT2D eigenvalue weighted by Crippen LogP contribution is 2.34. The van der Waals surface area contributed by atoms with Crippen molar-refractivity contribution in [1.29, 1.82) is 0 Å². The number of amides is 2. The minimum atomic E-state index is -0.661. The zero-order valence-corrected chi connectivity index (χ0v) is 12.7. The Morgan fingerprint density at radius 3 is 2.52 bits per heavy atom. The van der Waals surface area contributed by atoms with Crippen molar-refractivity contribution >= 4 is 17.5 Å². The predicted octanol–water partition coefficient (Wildman–Crippen LogP) is 2.00. The predicted molar refractivity (Wildman–Crippen MR) is 78.3 cm³/mol. The number of rotatable bonds is 2. The number of ether oxygens (including phenoxy) is 2. The second kappa shape index (κ2) is 5.63. The fourth-order valence-electron chi connectivity index (χ4n) is 2.20. The summed E-state index contributed by atoms with van der Waals surface area (Å²) in [4.78, 5) is 25.8. The number of hydrogen-bond acceptors (Lipinski definition) is 4. The molecule has 0 saturated carbocycles. The van der Waals surface area contributed by atoms with E-state index in [0.29, 0.717) is 23.7 Å². The summed E-state index contributed by atoms with van der Waals surface area (Å²) in [6.45, 7) is 8.15. The molecule has 21 heavy (non-hydrogen) atoms. The van der Waals surface area contributed by atoms with Crippen LogP contribution in [0.25, 0.3) is 0 Å². The number of carbonyl (C=O) groups excluding carboxylic acids is 2. The van der Waals surface area contributed by atoms with Gasteiger partial charge in [-0.25, -0.2) is 0 Å². The summed E-state index contributed by atoms with van der Waals surface area (Å²) in [5.41, 5.74) is 0.0977. The van der Waals surface area contributed by atoms with Crippen LogP contribution in [0.1, 0.15) is 27.7 Å². The van der Waals surface area contributed by atoms with Gasteiger partial charge in [-0.2, -0.15) is 0 Å². The van der Waals surface area contributed by atoms with Crippen LogP contribution in [-0.4, -0.2) is 35.6 Å². The Morgan fingerprint density at radius 2 is 1.90 bits per heavy atom. The first-order valence-electron chi connectivity index (χ1n) is 6.85. The molecule has 1 aromatic rings. The van der Waals surface area contributed by atoms with Crippen LogP contribution in [0.5, 0.6) is 11.5 Å². The summed E-state index contributed by atoms with van der Waals surface area (Å²) in [6.07, 6.45) is 0. The molecule has 1 N–H and O–H groups in total. The molecule has 0 unspecified atom stereocenters. The van der Waals surface area contributed by atoms with Crippen molar-refractivity contribution in [2.24, 2.45) is 0 Å². The molecule has 2 amide bonds. The molecule has 6 nitrogen and oxygen atoms in total. The van der Waals surface area contributed by atoms with E-state index in [1.165, 1.54) is 4.90 Å². The molecule has 114 valence electrons. The second-order valence-corrected chi connectivity index (χ2v) is 5.74. The monoisotopic (exact) mass is 292 g/mol. The summed E-state index contributed by atoms with van der Waals surface area (Å²) in [5, 5.41) is 2.59.